The van der Waals surface area contributed by atoms with Crippen molar-refractivity contribution in [3.63, 3.8) is 0 Å². The summed E-state index contributed by atoms with van der Waals surface area (Å²) in [5.41, 5.74) is 1.71. The zero-order valence-electron chi connectivity index (χ0n) is 15.1. The minimum atomic E-state index is -4.74. The van der Waals surface area contributed by atoms with E-state index in [1.165, 1.54) is 12.1 Å². The molecule has 0 radical (unpaired) electrons. The summed E-state index contributed by atoms with van der Waals surface area (Å²) < 4.78 is 46.0. The minimum Gasteiger partial charge on any atom is -0.454 e. The Bertz CT molecular complexity index is 1080. The van der Waals surface area contributed by atoms with Crippen LogP contribution < -0.4 is 5.32 Å². The van der Waals surface area contributed by atoms with Crippen LogP contribution in [0.3, 0.4) is 0 Å². The summed E-state index contributed by atoms with van der Waals surface area (Å²) >= 11 is 3.31. The van der Waals surface area contributed by atoms with Crippen molar-refractivity contribution in [3.05, 3.63) is 58.3 Å². The predicted molar refractivity (Wildman–Crippen MR) is 103 cm³/mol. The molecule has 3 aromatic rings. The molecule has 10 heteroatoms. The number of alkyl halides is 3. The van der Waals surface area contributed by atoms with E-state index in [1.807, 2.05) is 6.92 Å². The number of rotatable bonds is 5. The number of hydrogen-bond donors (Lipinski definition) is 1. The van der Waals surface area contributed by atoms with Crippen molar-refractivity contribution in [2.75, 3.05) is 11.9 Å². The molecular formula is C19H15BrF3N3O3. The first-order valence-electron chi connectivity index (χ1n) is 8.39. The van der Waals surface area contributed by atoms with Gasteiger partial charge in [-0.3, -0.25) is 9.59 Å². The molecule has 3 rings (SSSR count). The summed E-state index contributed by atoms with van der Waals surface area (Å²) in [7, 11) is 0. The number of esters is 1. The van der Waals surface area contributed by atoms with Gasteiger partial charge in [0.25, 0.3) is 5.91 Å². The second-order valence-electron chi connectivity index (χ2n) is 6.20. The number of imidazole rings is 1. The highest BCUT2D eigenvalue weighted by molar-refractivity contribution is 9.10. The number of nitrogens with zero attached hydrogens (tertiary/aromatic N) is 2. The SMILES string of the molecule is Cc1ccc(NC(=O)COC(=O)Cn2c(C(F)(F)F)nc3ccccc32)c(Br)c1. The zero-order valence-corrected chi connectivity index (χ0v) is 16.7. The van der Waals surface area contributed by atoms with Crippen LogP contribution in [-0.2, 0) is 27.0 Å². The van der Waals surface area contributed by atoms with E-state index in [1.54, 1.807) is 30.3 Å². The van der Waals surface area contributed by atoms with Crippen LogP contribution in [0.2, 0.25) is 0 Å². The first-order chi connectivity index (χ1) is 13.6. The molecule has 0 saturated heterocycles. The van der Waals surface area contributed by atoms with E-state index in [2.05, 4.69) is 26.2 Å². The third kappa shape index (κ3) is 4.94. The quantitative estimate of drug-likeness (QED) is 0.565. The molecule has 6 nitrogen and oxygen atoms in total. The Morgan fingerprint density at radius 1 is 1.21 bits per heavy atom. The van der Waals surface area contributed by atoms with Gasteiger partial charge in [-0.25, -0.2) is 4.98 Å². The summed E-state index contributed by atoms with van der Waals surface area (Å²) in [6, 6.07) is 11.2. The highest BCUT2D eigenvalue weighted by Gasteiger charge is 2.38. The lowest BCUT2D eigenvalue weighted by Gasteiger charge is -2.12. The van der Waals surface area contributed by atoms with Crippen molar-refractivity contribution in [2.45, 2.75) is 19.6 Å². The Kier molecular flexibility index (Phi) is 5.92. The van der Waals surface area contributed by atoms with Gasteiger partial charge in [-0.05, 0) is 52.7 Å². The van der Waals surface area contributed by atoms with E-state index in [0.29, 0.717) is 10.2 Å². The highest BCUT2D eigenvalue weighted by atomic mass is 79.9. The van der Waals surface area contributed by atoms with Crippen molar-refractivity contribution < 1.29 is 27.5 Å². The first-order valence-corrected chi connectivity index (χ1v) is 9.18. The van der Waals surface area contributed by atoms with E-state index in [-0.39, 0.29) is 11.0 Å². The summed E-state index contributed by atoms with van der Waals surface area (Å²) in [6.45, 7) is 0.525. The van der Waals surface area contributed by atoms with Crippen molar-refractivity contribution in [2.24, 2.45) is 0 Å². The summed E-state index contributed by atoms with van der Waals surface area (Å²) in [6.07, 6.45) is -4.74. The number of ether oxygens (including phenoxy) is 1. The first kappa shape index (κ1) is 20.8. The molecule has 152 valence electrons. The van der Waals surface area contributed by atoms with Crippen LogP contribution in [0.5, 0.6) is 0 Å². The van der Waals surface area contributed by atoms with Crippen LogP contribution in [0.25, 0.3) is 11.0 Å². The third-order valence-corrected chi connectivity index (χ3v) is 4.61. The van der Waals surface area contributed by atoms with E-state index in [0.717, 1.165) is 10.1 Å². The number of aromatic nitrogens is 2. The highest BCUT2D eigenvalue weighted by Crippen LogP contribution is 2.31. The molecule has 0 saturated carbocycles. The summed E-state index contributed by atoms with van der Waals surface area (Å²) in [4.78, 5) is 27.6. The molecule has 0 fully saturated rings. The minimum absolute atomic E-state index is 0.106. The van der Waals surface area contributed by atoms with Crippen LogP contribution in [0.4, 0.5) is 18.9 Å². The topological polar surface area (TPSA) is 73.2 Å². The maximum Gasteiger partial charge on any atom is 0.449 e. The Hall–Kier alpha value is -2.88. The zero-order chi connectivity index (χ0) is 21.2. The van der Waals surface area contributed by atoms with Gasteiger partial charge in [-0.15, -0.1) is 0 Å². The largest absolute Gasteiger partial charge is 0.454 e. The van der Waals surface area contributed by atoms with Gasteiger partial charge in [-0.1, -0.05) is 18.2 Å². The molecule has 29 heavy (non-hydrogen) atoms. The fraction of sp³-hybridized carbons (Fsp3) is 0.211. The number of carbonyl (C=O) groups excluding carboxylic acids is 2. The van der Waals surface area contributed by atoms with Gasteiger partial charge in [0.1, 0.15) is 6.54 Å². The lowest BCUT2D eigenvalue weighted by atomic mass is 10.2. The Morgan fingerprint density at radius 3 is 2.62 bits per heavy atom. The fourth-order valence-electron chi connectivity index (χ4n) is 2.68. The monoisotopic (exact) mass is 469 g/mol. The third-order valence-electron chi connectivity index (χ3n) is 3.96. The molecule has 0 atom stereocenters. The molecule has 1 aromatic heterocycles. The summed E-state index contributed by atoms with van der Waals surface area (Å²) in [5.74, 6) is -2.81. The number of fused-ring (bicyclic) bond motifs is 1. The number of benzene rings is 2. The molecule has 2 aromatic carbocycles. The number of halogens is 4. The Balaban J connectivity index is 1.67. The average molecular weight is 470 g/mol. The lowest BCUT2D eigenvalue weighted by Crippen LogP contribution is -2.25. The molecule has 1 heterocycles. The molecule has 0 bridgehead atoms. The van der Waals surface area contributed by atoms with E-state index < -0.39 is 37.0 Å². The van der Waals surface area contributed by atoms with Gasteiger partial charge in [0.15, 0.2) is 6.61 Å². The van der Waals surface area contributed by atoms with Crippen molar-refractivity contribution >= 4 is 44.5 Å². The number of amides is 1. The van der Waals surface area contributed by atoms with E-state index in [9.17, 15) is 22.8 Å². The second-order valence-corrected chi connectivity index (χ2v) is 7.05. The number of carbonyl (C=O) groups is 2. The lowest BCUT2D eigenvalue weighted by molar-refractivity contribution is -0.152. The van der Waals surface area contributed by atoms with Crippen LogP contribution in [0, 0.1) is 6.92 Å². The van der Waals surface area contributed by atoms with Gasteiger partial charge in [-0.2, -0.15) is 13.2 Å². The Morgan fingerprint density at radius 2 is 1.93 bits per heavy atom. The van der Waals surface area contributed by atoms with Crippen LogP contribution in [0.15, 0.2) is 46.9 Å². The molecular weight excluding hydrogens is 455 g/mol. The maximum absolute atomic E-state index is 13.3. The van der Waals surface area contributed by atoms with Crippen molar-refractivity contribution in [1.82, 2.24) is 9.55 Å². The van der Waals surface area contributed by atoms with Crippen molar-refractivity contribution in [3.8, 4) is 0 Å². The summed E-state index contributed by atoms with van der Waals surface area (Å²) in [5, 5.41) is 2.55. The van der Waals surface area contributed by atoms with Gasteiger partial charge in [0.2, 0.25) is 5.82 Å². The Labute approximate surface area is 171 Å². The van der Waals surface area contributed by atoms with Gasteiger partial charge < -0.3 is 14.6 Å². The van der Waals surface area contributed by atoms with E-state index in [4.69, 9.17) is 4.74 Å². The maximum atomic E-state index is 13.3. The standard InChI is InChI=1S/C19H15BrF3N3O3/c1-11-6-7-13(12(20)8-11)24-16(27)10-29-17(28)9-26-15-5-3-2-4-14(15)25-18(26)19(21,22)23/h2-8H,9-10H2,1H3,(H,24,27). The fourth-order valence-corrected chi connectivity index (χ4v) is 3.27. The van der Waals surface area contributed by atoms with Crippen molar-refractivity contribution in [1.29, 1.82) is 0 Å². The van der Waals surface area contributed by atoms with Crippen LogP contribution in [-0.4, -0.2) is 28.0 Å². The van der Waals surface area contributed by atoms with Crippen LogP contribution >= 0.6 is 15.9 Å². The molecule has 0 spiro atoms. The predicted octanol–water partition coefficient (Wildman–Crippen LogP) is 4.31. The van der Waals surface area contributed by atoms with Gasteiger partial charge in [0.05, 0.1) is 16.7 Å². The number of hydrogen-bond acceptors (Lipinski definition) is 4. The number of para-hydroxylation sites is 2. The number of anilines is 1. The average Bonchev–Trinajstić information content (AvgIpc) is 3.01. The number of aryl methyl sites for hydroxylation is 1. The molecule has 0 aliphatic carbocycles. The molecule has 1 amide bonds. The van der Waals surface area contributed by atoms with E-state index >= 15 is 0 Å². The second kappa shape index (κ2) is 8.24. The molecule has 0 unspecified atom stereocenters. The van der Waals surface area contributed by atoms with Crippen LogP contribution in [0.1, 0.15) is 11.4 Å². The molecule has 0 aliphatic rings. The molecule has 1 N–H and O–H groups in total. The molecule has 0 aliphatic heterocycles. The van der Waals surface area contributed by atoms with Gasteiger partial charge >= 0.3 is 12.1 Å². The normalized spacial score (nSPS) is 11.5. The number of nitrogens with one attached hydrogen (secondary N) is 1. The smallest absolute Gasteiger partial charge is 0.449 e. The van der Waals surface area contributed by atoms with Gasteiger partial charge in [0, 0.05) is 4.47 Å².